The summed E-state index contributed by atoms with van der Waals surface area (Å²) in [6.45, 7) is 2.77. The average molecular weight is 375 g/mol. The number of benzene rings is 2. The number of aromatic nitrogens is 2. The van der Waals surface area contributed by atoms with Crippen molar-refractivity contribution in [3.05, 3.63) is 72.2 Å². The highest BCUT2D eigenvalue weighted by Gasteiger charge is 2.15. The van der Waals surface area contributed by atoms with Gasteiger partial charge in [0.05, 0.1) is 18.0 Å². The molecule has 0 saturated heterocycles. The lowest BCUT2D eigenvalue weighted by molar-refractivity contribution is 0.340. The first-order chi connectivity index (χ1) is 12.5. The Balaban J connectivity index is 1.70. The second-order valence-corrected chi connectivity index (χ2v) is 7.22. The van der Waals surface area contributed by atoms with E-state index in [0.717, 1.165) is 5.56 Å². The molecular formula is C18H18FN3O3S. The van der Waals surface area contributed by atoms with Crippen LogP contribution in [-0.4, -0.2) is 24.8 Å². The highest BCUT2D eigenvalue weighted by Crippen LogP contribution is 2.18. The zero-order chi connectivity index (χ0) is 18.6. The summed E-state index contributed by atoms with van der Waals surface area (Å²) in [7, 11) is -3.74. The van der Waals surface area contributed by atoms with Gasteiger partial charge < -0.3 is 4.74 Å². The molecule has 1 aromatic heterocycles. The van der Waals surface area contributed by atoms with E-state index in [-0.39, 0.29) is 16.5 Å². The fourth-order valence-corrected chi connectivity index (χ4v) is 3.36. The Kier molecular flexibility index (Phi) is 5.22. The zero-order valence-corrected chi connectivity index (χ0v) is 14.9. The lowest BCUT2D eigenvalue weighted by atomic mass is 10.2. The molecule has 3 aromatic rings. The number of hydrogen-bond acceptors (Lipinski definition) is 4. The molecule has 0 unspecified atom stereocenters. The molecule has 0 atom stereocenters. The summed E-state index contributed by atoms with van der Waals surface area (Å²) >= 11 is 0. The number of nitrogens with zero attached hydrogens (tertiary/aromatic N) is 2. The maximum Gasteiger partial charge on any atom is 0.263 e. The smallest absolute Gasteiger partial charge is 0.263 e. The second-order valence-electron chi connectivity index (χ2n) is 5.53. The van der Waals surface area contributed by atoms with Crippen molar-refractivity contribution in [2.75, 3.05) is 11.3 Å². The molecule has 136 valence electrons. The predicted octanol–water partition coefficient (Wildman–Crippen LogP) is 3.27. The standard InChI is InChI=1S/C18H18FN3O3S/c1-2-25-16-7-9-17(10-8-16)26(23,24)21-18-11-12-22(20-18)13-14-3-5-15(19)6-4-14/h3-12H,2,13H2,1H3,(H,20,21). The normalized spacial score (nSPS) is 11.3. The van der Waals surface area contributed by atoms with Crippen LogP contribution in [0.4, 0.5) is 10.2 Å². The second kappa shape index (κ2) is 7.57. The number of ether oxygens (including phenoxy) is 1. The fraction of sp³-hybridized carbons (Fsp3) is 0.167. The van der Waals surface area contributed by atoms with Gasteiger partial charge in [-0.05, 0) is 48.9 Å². The van der Waals surface area contributed by atoms with Crippen LogP contribution in [0.2, 0.25) is 0 Å². The lowest BCUT2D eigenvalue weighted by Gasteiger charge is -2.07. The Bertz CT molecular complexity index is 968. The molecule has 1 heterocycles. The molecule has 26 heavy (non-hydrogen) atoms. The third kappa shape index (κ3) is 4.40. The molecule has 6 nitrogen and oxygen atoms in total. The molecule has 0 aliphatic rings. The van der Waals surface area contributed by atoms with Crippen LogP contribution < -0.4 is 9.46 Å². The van der Waals surface area contributed by atoms with Gasteiger partial charge in [0, 0.05) is 12.3 Å². The molecule has 0 amide bonds. The predicted molar refractivity (Wildman–Crippen MR) is 96.1 cm³/mol. The summed E-state index contributed by atoms with van der Waals surface area (Å²) in [4.78, 5) is 0.119. The largest absolute Gasteiger partial charge is 0.494 e. The Morgan fingerprint density at radius 2 is 1.77 bits per heavy atom. The van der Waals surface area contributed by atoms with Crippen molar-refractivity contribution in [3.8, 4) is 5.75 Å². The average Bonchev–Trinajstić information content (AvgIpc) is 3.04. The van der Waals surface area contributed by atoms with E-state index in [4.69, 9.17) is 4.74 Å². The van der Waals surface area contributed by atoms with Gasteiger partial charge in [-0.25, -0.2) is 12.8 Å². The molecular weight excluding hydrogens is 357 g/mol. The van der Waals surface area contributed by atoms with E-state index >= 15 is 0 Å². The topological polar surface area (TPSA) is 73.2 Å². The van der Waals surface area contributed by atoms with Gasteiger partial charge in [0.25, 0.3) is 10.0 Å². The Morgan fingerprint density at radius 3 is 2.42 bits per heavy atom. The molecule has 0 saturated carbocycles. The lowest BCUT2D eigenvalue weighted by Crippen LogP contribution is -2.13. The first kappa shape index (κ1) is 17.9. The van der Waals surface area contributed by atoms with Crippen LogP contribution in [-0.2, 0) is 16.6 Å². The molecule has 0 radical (unpaired) electrons. The summed E-state index contributed by atoms with van der Waals surface area (Å²) in [5.41, 5.74) is 0.857. The van der Waals surface area contributed by atoms with Gasteiger partial charge in [0.2, 0.25) is 0 Å². The third-order valence-electron chi connectivity index (χ3n) is 3.58. The summed E-state index contributed by atoms with van der Waals surface area (Å²) in [6, 6.07) is 13.8. The molecule has 1 N–H and O–H groups in total. The van der Waals surface area contributed by atoms with Crippen LogP contribution in [0.3, 0.4) is 0 Å². The van der Waals surface area contributed by atoms with Gasteiger partial charge in [-0.2, -0.15) is 5.10 Å². The molecule has 0 fully saturated rings. The molecule has 2 aromatic carbocycles. The van der Waals surface area contributed by atoms with E-state index in [9.17, 15) is 12.8 Å². The summed E-state index contributed by atoms with van der Waals surface area (Å²) < 4.78 is 47.1. The van der Waals surface area contributed by atoms with E-state index in [0.29, 0.717) is 18.9 Å². The SMILES string of the molecule is CCOc1ccc(S(=O)(=O)Nc2ccn(Cc3ccc(F)cc3)n2)cc1. The van der Waals surface area contributed by atoms with Gasteiger partial charge in [-0.1, -0.05) is 12.1 Å². The third-order valence-corrected chi connectivity index (χ3v) is 4.95. The van der Waals surface area contributed by atoms with Crippen LogP contribution in [0.5, 0.6) is 5.75 Å². The molecule has 8 heteroatoms. The van der Waals surface area contributed by atoms with E-state index in [1.807, 2.05) is 6.92 Å². The van der Waals surface area contributed by atoms with Crippen LogP contribution in [0, 0.1) is 5.82 Å². The van der Waals surface area contributed by atoms with Crippen LogP contribution >= 0.6 is 0 Å². The van der Waals surface area contributed by atoms with E-state index < -0.39 is 10.0 Å². The minimum absolute atomic E-state index is 0.119. The Hall–Kier alpha value is -2.87. The summed E-state index contributed by atoms with van der Waals surface area (Å²) in [5.74, 6) is 0.508. The molecule has 3 rings (SSSR count). The van der Waals surface area contributed by atoms with E-state index in [1.54, 1.807) is 41.2 Å². The first-order valence-electron chi connectivity index (χ1n) is 8.00. The first-order valence-corrected chi connectivity index (χ1v) is 9.48. The van der Waals surface area contributed by atoms with Gasteiger partial charge in [0.15, 0.2) is 5.82 Å². The fourth-order valence-electron chi connectivity index (χ4n) is 2.36. The highest BCUT2D eigenvalue weighted by molar-refractivity contribution is 7.92. The van der Waals surface area contributed by atoms with Gasteiger partial charge in [-0.3, -0.25) is 9.40 Å². The summed E-state index contributed by atoms with van der Waals surface area (Å²) in [5, 5.41) is 4.19. The maximum atomic E-state index is 12.9. The Morgan fingerprint density at radius 1 is 1.08 bits per heavy atom. The molecule has 0 aliphatic carbocycles. The molecule has 0 aliphatic heterocycles. The van der Waals surface area contributed by atoms with E-state index in [2.05, 4.69) is 9.82 Å². The van der Waals surface area contributed by atoms with Crippen molar-refractivity contribution in [2.24, 2.45) is 0 Å². The molecule has 0 spiro atoms. The quantitative estimate of drug-likeness (QED) is 0.688. The van der Waals surface area contributed by atoms with Gasteiger partial charge >= 0.3 is 0 Å². The summed E-state index contributed by atoms with van der Waals surface area (Å²) in [6.07, 6.45) is 1.65. The highest BCUT2D eigenvalue weighted by atomic mass is 32.2. The monoisotopic (exact) mass is 375 g/mol. The minimum atomic E-state index is -3.74. The van der Waals surface area contributed by atoms with Crippen LogP contribution in [0.1, 0.15) is 12.5 Å². The number of sulfonamides is 1. The van der Waals surface area contributed by atoms with Crippen molar-refractivity contribution < 1.29 is 17.5 Å². The van der Waals surface area contributed by atoms with Gasteiger partial charge in [-0.15, -0.1) is 0 Å². The van der Waals surface area contributed by atoms with Crippen molar-refractivity contribution in [3.63, 3.8) is 0 Å². The number of hydrogen-bond donors (Lipinski definition) is 1. The molecule has 0 bridgehead atoms. The van der Waals surface area contributed by atoms with Crippen LogP contribution in [0.15, 0.2) is 65.7 Å². The van der Waals surface area contributed by atoms with Crippen molar-refractivity contribution >= 4 is 15.8 Å². The number of rotatable bonds is 7. The van der Waals surface area contributed by atoms with Crippen molar-refractivity contribution in [1.82, 2.24) is 9.78 Å². The zero-order valence-electron chi connectivity index (χ0n) is 14.1. The maximum absolute atomic E-state index is 12.9. The van der Waals surface area contributed by atoms with Crippen molar-refractivity contribution in [2.45, 2.75) is 18.4 Å². The number of halogens is 1. The Labute approximate surface area is 151 Å². The van der Waals surface area contributed by atoms with Crippen molar-refractivity contribution in [1.29, 1.82) is 0 Å². The minimum Gasteiger partial charge on any atom is -0.494 e. The number of anilines is 1. The van der Waals surface area contributed by atoms with Crippen LogP contribution in [0.25, 0.3) is 0 Å². The number of nitrogens with one attached hydrogen (secondary N) is 1. The van der Waals surface area contributed by atoms with Gasteiger partial charge in [0.1, 0.15) is 11.6 Å². The van der Waals surface area contributed by atoms with E-state index in [1.165, 1.54) is 24.3 Å².